The van der Waals surface area contributed by atoms with Crippen LogP contribution in [0.2, 0.25) is 0 Å². The van der Waals surface area contributed by atoms with E-state index in [2.05, 4.69) is 15.9 Å². The fourth-order valence-electron chi connectivity index (χ4n) is 3.40. The van der Waals surface area contributed by atoms with Crippen molar-refractivity contribution in [2.45, 2.75) is 20.5 Å². The Morgan fingerprint density at radius 1 is 0.971 bits per heavy atom. The van der Waals surface area contributed by atoms with Gasteiger partial charge >= 0.3 is 0 Å². The SMILES string of the molecule is Cc1ccc(C)c(OCCN2C(=O)S/C(=C\c3cccc(OCc4ccc(Br)cc4)c3)C2=O)c1. The lowest BCUT2D eigenvalue weighted by atomic mass is 10.1. The zero-order chi connectivity index (χ0) is 24.1. The molecule has 0 N–H and O–H groups in total. The van der Waals surface area contributed by atoms with Crippen molar-refractivity contribution < 1.29 is 19.1 Å². The van der Waals surface area contributed by atoms with Crippen molar-refractivity contribution >= 4 is 44.9 Å². The molecule has 1 aliphatic rings. The molecule has 0 radical (unpaired) electrons. The van der Waals surface area contributed by atoms with E-state index in [1.54, 1.807) is 6.08 Å². The minimum Gasteiger partial charge on any atom is -0.491 e. The molecule has 0 unspecified atom stereocenters. The molecule has 1 heterocycles. The van der Waals surface area contributed by atoms with Crippen LogP contribution in [0.3, 0.4) is 0 Å². The van der Waals surface area contributed by atoms with E-state index in [4.69, 9.17) is 9.47 Å². The third-order valence-electron chi connectivity index (χ3n) is 5.26. The van der Waals surface area contributed by atoms with E-state index >= 15 is 0 Å². The summed E-state index contributed by atoms with van der Waals surface area (Å²) in [6, 6.07) is 21.4. The number of nitrogens with zero attached hydrogens (tertiary/aromatic N) is 1. The highest BCUT2D eigenvalue weighted by molar-refractivity contribution is 9.10. The van der Waals surface area contributed by atoms with Crippen molar-refractivity contribution in [3.05, 3.63) is 98.4 Å². The van der Waals surface area contributed by atoms with E-state index in [1.165, 1.54) is 4.90 Å². The Morgan fingerprint density at radius 2 is 1.76 bits per heavy atom. The number of imide groups is 1. The number of rotatable bonds is 8. The van der Waals surface area contributed by atoms with Gasteiger partial charge in [0.2, 0.25) is 0 Å². The summed E-state index contributed by atoms with van der Waals surface area (Å²) < 4.78 is 12.7. The van der Waals surface area contributed by atoms with Crippen molar-refractivity contribution in [2.75, 3.05) is 13.2 Å². The van der Waals surface area contributed by atoms with Crippen LogP contribution in [0, 0.1) is 13.8 Å². The maximum atomic E-state index is 12.8. The van der Waals surface area contributed by atoms with Crippen molar-refractivity contribution in [3.8, 4) is 11.5 Å². The van der Waals surface area contributed by atoms with E-state index in [1.807, 2.05) is 80.6 Å². The van der Waals surface area contributed by atoms with E-state index in [9.17, 15) is 9.59 Å². The van der Waals surface area contributed by atoms with E-state index in [0.29, 0.717) is 17.3 Å². The summed E-state index contributed by atoms with van der Waals surface area (Å²) in [6.07, 6.45) is 1.73. The number of hydrogen-bond donors (Lipinski definition) is 0. The van der Waals surface area contributed by atoms with Crippen LogP contribution in [0.5, 0.6) is 11.5 Å². The summed E-state index contributed by atoms with van der Waals surface area (Å²) in [5.41, 5.74) is 3.96. The fourth-order valence-corrected chi connectivity index (χ4v) is 4.52. The molecular formula is C27H24BrNO4S. The number of benzene rings is 3. The molecule has 1 aliphatic heterocycles. The average Bonchev–Trinajstić information content (AvgIpc) is 3.08. The fraction of sp³-hybridized carbons (Fsp3) is 0.185. The van der Waals surface area contributed by atoms with E-state index < -0.39 is 0 Å². The molecule has 5 nitrogen and oxygen atoms in total. The lowest BCUT2D eigenvalue weighted by Crippen LogP contribution is -2.32. The van der Waals surface area contributed by atoms with Gasteiger partial charge in [-0.15, -0.1) is 0 Å². The second-order valence-electron chi connectivity index (χ2n) is 7.94. The molecule has 0 aliphatic carbocycles. The molecule has 1 fully saturated rings. The maximum absolute atomic E-state index is 12.8. The number of thioether (sulfide) groups is 1. The molecule has 174 valence electrons. The van der Waals surface area contributed by atoms with Crippen LogP contribution in [0.4, 0.5) is 4.79 Å². The van der Waals surface area contributed by atoms with Crippen LogP contribution in [-0.4, -0.2) is 29.2 Å². The van der Waals surface area contributed by atoms with Gasteiger partial charge in [0, 0.05) is 4.47 Å². The minimum atomic E-state index is -0.305. The van der Waals surface area contributed by atoms with Gasteiger partial charge in [-0.3, -0.25) is 14.5 Å². The second-order valence-corrected chi connectivity index (χ2v) is 9.85. The Hall–Kier alpha value is -3.03. The van der Waals surface area contributed by atoms with E-state index in [-0.39, 0.29) is 24.3 Å². The number of hydrogen-bond acceptors (Lipinski definition) is 5. The molecule has 0 saturated carbocycles. The normalized spacial score (nSPS) is 14.7. The Balaban J connectivity index is 1.37. The Kier molecular flexibility index (Phi) is 7.75. The Bertz CT molecular complexity index is 1240. The van der Waals surface area contributed by atoms with Crippen molar-refractivity contribution in [1.29, 1.82) is 0 Å². The highest BCUT2D eigenvalue weighted by atomic mass is 79.9. The summed E-state index contributed by atoms with van der Waals surface area (Å²) in [4.78, 5) is 26.9. The zero-order valence-corrected chi connectivity index (χ0v) is 21.3. The minimum absolute atomic E-state index is 0.200. The van der Waals surface area contributed by atoms with Crippen LogP contribution < -0.4 is 9.47 Å². The number of ether oxygens (including phenoxy) is 2. The van der Waals surface area contributed by atoms with Crippen LogP contribution in [0.1, 0.15) is 22.3 Å². The van der Waals surface area contributed by atoms with Gasteiger partial charge in [-0.25, -0.2) is 0 Å². The summed E-state index contributed by atoms with van der Waals surface area (Å²) >= 11 is 4.37. The first-order chi connectivity index (χ1) is 16.4. The van der Waals surface area contributed by atoms with Gasteiger partial charge in [-0.05, 0) is 84.3 Å². The largest absolute Gasteiger partial charge is 0.491 e. The number of aryl methyl sites for hydroxylation is 2. The Labute approximate surface area is 211 Å². The molecule has 0 bridgehead atoms. The third-order valence-corrected chi connectivity index (χ3v) is 6.70. The third kappa shape index (κ3) is 6.10. The highest BCUT2D eigenvalue weighted by Gasteiger charge is 2.34. The first kappa shape index (κ1) is 24.1. The second kappa shape index (κ2) is 10.9. The van der Waals surface area contributed by atoms with Crippen molar-refractivity contribution in [1.82, 2.24) is 4.90 Å². The maximum Gasteiger partial charge on any atom is 0.293 e. The first-order valence-electron chi connectivity index (χ1n) is 10.8. The van der Waals surface area contributed by atoms with Crippen LogP contribution >= 0.6 is 27.7 Å². The topological polar surface area (TPSA) is 55.8 Å². The molecule has 3 aromatic rings. The summed E-state index contributed by atoms with van der Waals surface area (Å²) in [5.74, 6) is 1.15. The first-order valence-corrected chi connectivity index (χ1v) is 12.4. The van der Waals surface area contributed by atoms with Gasteiger partial charge in [-0.2, -0.15) is 0 Å². The standard InChI is InChI=1S/C27H24BrNO4S/c1-18-6-7-19(2)24(14-18)32-13-12-29-26(30)25(34-27(29)31)16-21-4-3-5-23(15-21)33-17-20-8-10-22(28)11-9-20/h3-11,14-16H,12-13,17H2,1-2H3/b25-16-. The quantitative estimate of drug-likeness (QED) is 0.297. The molecule has 3 aromatic carbocycles. The van der Waals surface area contributed by atoms with Crippen LogP contribution in [0.15, 0.2) is 76.1 Å². The van der Waals surface area contributed by atoms with E-state index in [0.717, 1.165) is 44.2 Å². The molecule has 7 heteroatoms. The lowest BCUT2D eigenvalue weighted by Gasteiger charge is -2.14. The molecule has 34 heavy (non-hydrogen) atoms. The average molecular weight is 538 g/mol. The molecule has 0 atom stereocenters. The van der Waals surface area contributed by atoms with Gasteiger partial charge in [0.05, 0.1) is 11.4 Å². The van der Waals surface area contributed by atoms with Gasteiger partial charge in [0.1, 0.15) is 24.7 Å². The zero-order valence-electron chi connectivity index (χ0n) is 18.9. The number of carbonyl (C=O) groups is 2. The van der Waals surface area contributed by atoms with Gasteiger partial charge in [0.25, 0.3) is 11.1 Å². The number of amides is 2. The molecule has 4 rings (SSSR count). The summed E-state index contributed by atoms with van der Waals surface area (Å²) in [7, 11) is 0. The van der Waals surface area contributed by atoms with Crippen LogP contribution in [-0.2, 0) is 11.4 Å². The molecule has 0 aromatic heterocycles. The highest BCUT2D eigenvalue weighted by Crippen LogP contribution is 2.32. The van der Waals surface area contributed by atoms with Gasteiger partial charge in [-0.1, -0.05) is 52.3 Å². The predicted octanol–water partition coefficient (Wildman–Crippen LogP) is 6.76. The molecule has 2 amide bonds. The smallest absolute Gasteiger partial charge is 0.293 e. The monoisotopic (exact) mass is 537 g/mol. The number of carbonyl (C=O) groups excluding carboxylic acids is 2. The van der Waals surface area contributed by atoms with Crippen LogP contribution in [0.25, 0.3) is 6.08 Å². The van der Waals surface area contributed by atoms with Crippen molar-refractivity contribution in [3.63, 3.8) is 0 Å². The summed E-state index contributed by atoms with van der Waals surface area (Å²) in [6.45, 7) is 4.84. The predicted molar refractivity (Wildman–Crippen MR) is 139 cm³/mol. The molecule has 0 spiro atoms. The Morgan fingerprint density at radius 3 is 2.56 bits per heavy atom. The van der Waals surface area contributed by atoms with Gasteiger partial charge < -0.3 is 9.47 Å². The summed E-state index contributed by atoms with van der Waals surface area (Å²) in [5, 5.41) is -0.288. The lowest BCUT2D eigenvalue weighted by molar-refractivity contribution is -0.123. The molecule has 1 saturated heterocycles. The van der Waals surface area contributed by atoms with Gasteiger partial charge in [0.15, 0.2) is 0 Å². The molecular weight excluding hydrogens is 514 g/mol. The van der Waals surface area contributed by atoms with Crippen molar-refractivity contribution in [2.24, 2.45) is 0 Å². The number of halogens is 1.